The van der Waals surface area contributed by atoms with Crippen LogP contribution in [0, 0.1) is 10.1 Å². The van der Waals surface area contributed by atoms with Crippen molar-refractivity contribution >= 4 is 45.3 Å². The Morgan fingerprint density at radius 3 is 2.52 bits per heavy atom. The zero-order valence-corrected chi connectivity index (χ0v) is 13.7. The van der Waals surface area contributed by atoms with E-state index in [-0.39, 0.29) is 10.0 Å². The van der Waals surface area contributed by atoms with Gasteiger partial charge in [-0.2, -0.15) is 5.10 Å². The first-order valence-corrected chi connectivity index (χ1v) is 7.30. The van der Waals surface area contributed by atoms with Crippen molar-refractivity contribution < 1.29 is 14.8 Å². The number of nitro benzene ring substituents is 1. The van der Waals surface area contributed by atoms with Crippen molar-refractivity contribution in [3.8, 4) is 5.75 Å². The third-order valence-corrected chi connectivity index (χ3v) is 3.66. The Bertz CT molecular complexity index is 793. The molecule has 7 nitrogen and oxygen atoms in total. The molecule has 1 N–H and O–H groups in total. The zero-order valence-electron chi connectivity index (χ0n) is 11.3. The monoisotopic (exact) mass is 396 g/mol. The summed E-state index contributed by atoms with van der Waals surface area (Å²) < 4.78 is 0.0786. The number of benzene rings is 2. The molecule has 0 bridgehead atoms. The van der Waals surface area contributed by atoms with Crippen molar-refractivity contribution in [3.05, 3.63) is 67.1 Å². The normalized spacial score (nSPS) is 10.7. The van der Waals surface area contributed by atoms with Gasteiger partial charge in [-0.1, -0.05) is 17.7 Å². The number of halogens is 2. The lowest BCUT2D eigenvalue weighted by atomic mass is 10.2. The van der Waals surface area contributed by atoms with Gasteiger partial charge >= 0.3 is 0 Å². The first kappa shape index (κ1) is 16.9. The van der Waals surface area contributed by atoms with Crippen LogP contribution in [0.2, 0.25) is 5.02 Å². The molecule has 9 heteroatoms. The van der Waals surface area contributed by atoms with Crippen LogP contribution in [0.5, 0.6) is 5.75 Å². The Morgan fingerprint density at radius 1 is 1.26 bits per heavy atom. The van der Waals surface area contributed by atoms with E-state index in [4.69, 9.17) is 11.6 Å². The van der Waals surface area contributed by atoms with Crippen LogP contribution >= 0.6 is 27.5 Å². The number of nitrogens with zero attached hydrogens (tertiary/aromatic N) is 2. The molecule has 2 rings (SSSR count). The smallest absolute Gasteiger partial charge is 0.276 e. The molecule has 0 aliphatic rings. The topological polar surface area (TPSA) is 108 Å². The van der Waals surface area contributed by atoms with Gasteiger partial charge in [0.15, 0.2) is 0 Å². The number of hydrazone groups is 1. The van der Waals surface area contributed by atoms with Crippen LogP contribution in [0.15, 0.2) is 46.0 Å². The van der Waals surface area contributed by atoms with Crippen LogP contribution < -0.4 is 10.5 Å². The number of rotatable bonds is 4. The van der Waals surface area contributed by atoms with Gasteiger partial charge in [-0.15, -0.1) is 0 Å². The van der Waals surface area contributed by atoms with Gasteiger partial charge in [0.1, 0.15) is 0 Å². The summed E-state index contributed by atoms with van der Waals surface area (Å²) in [5, 5.41) is 26.9. The number of nitro groups is 1. The van der Waals surface area contributed by atoms with Crippen LogP contribution in [0.3, 0.4) is 0 Å². The minimum absolute atomic E-state index is 0.0173. The SMILES string of the molecule is O=C(N/N=C\c1ccc(Br)c([N+](=O)[O-])c1[O-])c1ccc(Cl)cc1. The summed E-state index contributed by atoms with van der Waals surface area (Å²) in [5.74, 6) is -1.30. The Balaban J connectivity index is 2.15. The van der Waals surface area contributed by atoms with E-state index in [1.807, 2.05) is 0 Å². The highest BCUT2D eigenvalue weighted by Gasteiger charge is 2.14. The molecule has 0 aliphatic carbocycles. The molecule has 0 heterocycles. The number of carbonyl (C=O) groups excluding carboxylic acids is 1. The molecule has 2 aromatic carbocycles. The second-order valence-corrected chi connectivity index (χ2v) is 5.57. The maximum absolute atomic E-state index is 11.9. The van der Waals surface area contributed by atoms with E-state index in [0.29, 0.717) is 10.6 Å². The fraction of sp³-hybridized carbons (Fsp3) is 0. The van der Waals surface area contributed by atoms with Gasteiger partial charge in [-0.25, -0.2) is 5.43 Å². The number of amides is 1. The average molecular weight is 398 g/mol. The molecule has 0 unspecified atom stereocenters. The lowest BCUT2D eigenvalue weighted by Gasteiger charge is -2.11. The van der Waals surface area contributed by atoms with Crippen molar-refractivity contribution in [1.29, 1.82) is 0 Å². The zero-order chi connectivity index (χ0) is 17.0. The molecule has 23 heavy (non-hydrogen) atoms. The van der Waals surface area contributed by atoms with Gasteiger partial charge in [0.2, 0.25) is 0 Å². The van der Waals surface area contributed by atoms with Crippen molar-refractivity contribution in [2.45, 2.75) is 0 Å². The third-order valence-electron chi connectivity index (χ3n) is 2.77. The number of carbonyl (C=O) groups is 1. The van der Waals surface area contributed by atoms with Crippen molar-refractivity contribution in [1.82, 2.24) is 5.43 Å². The minimum Gasteiger partial charge on any atom is -0.867 e. The average Bonchev–Trinajstić information content (AvgIpc) is 2.49. The molecular weight excluding hydrogens is 390 g/mol. The molecule has 0 fully saturated rings. The molecular formula is C14H8BrClN3O4-. The van der Waals surface area contributed by atoms with E-state index in [1.54, 1.807) is 12.1 Å². The van der Waals surface area contributed by atoms with Crippen LogP contribution in [-0.4, -0.2) is 17.0 Å². The highest BCUT2D eigenvalue weighted by atomic mass is 79.9. The van der Waals surface area contributed by atoms with E-state index in [9.17, 15) is 20.0 Å². The molecule has 2 aromatic rings. The molecule has 0 atom stereocenters. The Kier molecular flexibility index (Phi) is 5.30. The molecule has 1 amide bonds. The highest BCUT2D eigenvalue weighted by molar-refractivity contribution is 9.10. The van der Waals surface area contributed by atoms with E-state index >= 15 is 0 Å². The summed E-state index contributed by atoms with van der Waals surface area (Å²) in [6.07, 6.45) is 1.05. The van der Waals surface area contributed by atoms with Crippen molar-refractivity contribution in [2.75, 3.05) is 0 Å². The Hall–Kier alpha value is -2.45. The highest BCUT2D eigenvalue weighted by Crippen LogP contribution is 2.33. The van der Waals surface area contributed by atoms with E-state index < -0.39 is 22.3 Å². The van der Waals surface area contributed by atoms with Gasteiger partial charge in [0.25, 0.3) is 11.6 Å². The van der Waals surface area contributed by atoms with Gasteiger partial charge in [-0.05, 0) is 57.6 Å². The van der Waals surface area contributed by atoms with Gasteiger partial charge < -0.3 is 5.11 Å². The van der Waals surface area contributed by atoms with Crippen LogP contribution in [-0.2, 0) is 0 Å². The van der Waals surface area contributed by atoms with Crippen LogP contribution in [0.4, 0.5) is 5.69 Å². The summed E-state index contributed by atoms with van der Waals surface area (Å²) in [5.41, 5.74) is 1.95. The van der Waals surface area contributed by atoms with Crippen molar-refractivity contribution in [2.24, 2.45) is 5.10 Å². The summed E-state index contributed by atoms with van der Waals surface area (Å²) in [4.78, 5) is 21.9. The molecule has 0 aliphatic heterocycles. The Morgan fingerprint density at radius 2 is 1.91 bits per heavy atom. The minimum atomic E-state index is -0.797. The van der Waals surface area contributed by atoms with Crippen LogP contribution in [0.25, 0.3) is 0 Å². The van der Waals surface area contributed by atoms with Crippen LogP contribution in [0.1, 0.15) is 15.9 Å². The predicted molar refractivity (Wildman–Crippen MR) is 86.8 cm³/mol. The maximum Gasteiger partial charge on any atom is 0.276 e. The fourth-order valence-corrected chi connectivity index (χ4v) is 2.24. The van der Waals surface area contributed by atoms with Gasteiger partial charge in [0.05, 0.1) is 15.6 Å². The summed E-state index contributed by atoms with van der Waals surface area (Å²) in [7, 11) is 0. The van der Waals surface area contributed by atoms with E-state index in [0.717, 1.165) is 6.21 Å². The molecule has 0 saturated heterocycles. The molecule has 0 radical (unpaired) electrons. The third kappa shape index (κ3) is 4.05. The quantitative estimate of drug-likeness (QED) is 0.486. The number of nitrogens with one attached hydrogen (secondary N) is 1. The second-order valence-electron chi connectivity index (χ2n) is 4.28. The lowest BCUT2D eigenvalue weighted by molar-refractivity contribution is -0.399. The lowest BCUT2D eigenvalue weighted by Crippen LogP contribution is -2.17. The first-order valence-electron chi connectivity index (χ1n) is 6.13. The first-order chi connectivity index (χ1) is 10.9. The molecule has 118 valence electrons. The van der Waals surface area contributed by atoms with Gasteiger partial charge in [0, 0.05) is 10.6 Å². The molecule has 0 spiro atoms. The fourth-order valence-electron chi connectivity index (χ4n) is 1.66. The van der Waals surface area contributed by atoms with E-state index in [2.05, 4.69) is 26.5 Å². The number of hydrogen-bond acceptors (Lipinski definition) is 5. The summed E-state index contributed by atoms with van der Waals surface area (Å²) >= 11 is 8.66. The van der Waals surface area contributed by atoms with Gasteiger partial charge in [-0.3, -0.25) is 14.9 Å². The van der Waals surface area contributed by atoms with E-state index in [1.165, 1.54) is 24.3 Å². The maximum atomic E-state index is 11.9. The second kappa shape index (κ2) is 7.21. The number of hydrogen-bond donors (Lipinski definition) is 1. The summed E-state index contributed by atoms with van der Waals surface area (Å²) in [6.45, 7) is 0. The molecule has 0 saturated carbocycles. The summed E-state index contributed by atoms with van der Waals surface area (Å²) in [6, 6.07) is 8.84. The predicted octanol–water partition coefficient (Wildman–Crippen LogP) is 2.85. The van der Waals surface area contributed by atoms with Crippen molar-refractivity contribution in [3.63, 3.8) is 0 Å². The standard InChI is InChI=1S/C14H9BrClN3O4/c15-11-6-3-9(13(20)12(11)19(22)23)7-17-18-14(21)8-1-4-10(16)5-2-8/h1-7,20H,(H,18,21)/p-1/b17-7-. The largest absolute Gasteiger partial charge is 0.867 e. The Labute approximate surface area is 143 Å². The molecule has 0 aromatic heterocycles.